The van der Waals surface area contributed by atoms with Crippen molar-refractivity contribution in [1.82, 2.24) is 9.55 Å². The van der Waals surface area contributed by atoms with Crippen LogP contribution in [0.2, 0.25) is 0 Å². The molecule has 0 unspecified atom stereocenters. The monoisotopic (exact) mass is 441 g/mol. The standard InChI is InChI=1S/C16H25N2O8P.CBN/c1-5-22-27(23-6-2)24-9-13-12(25-11(4)19)7-14(26-13)18-8-10(3)15(20)17-16(18)21;2-1-3/h8,12-14H,5-7,9H2,1-4H3,(H,17,20,21);/t12-,13+,14+;/m0./s1. The van der Waals surface area contributed by atoms with E-state index in [4.69, 9.17) is 28.3 Å². The fourth-order valence-corrected chi connectivity index (χ4v) is 3.53. The molecule has 1 aromatic rings. The third-order valence-electron chi connectivity index (χ3n) is 3.77. The van der Waals surface area contributed by atoms with Gasteiger partial charge in [0, 0.05) is 25.1 Å². The minimum absolute atomic E-state index is 0.0667. The fraction of sp³-hybridized carbons (Fsp3) is 0.647. The van der Waals surface area contributed by atoms with Gasteiger partial charge >= 0.3 is 20.3 Å². The van der Waals surface area contributed by atoms with E-state index in [2.05, 4.69) is 12.8 Å². The average molecular weight is 441 g/mol. The Morgan fingerprint density at radius 2 is 1.97 bits per heavy atom. The molecule has 1 fully saturated rings. The molecule has 0 aromatic carbocycles. The lowest BCUT2D eigenvalue weighted by atomic mass is 10.2. The predicted octanol–water partition coefficient (Wildman–Crippen LogP) is 1.02. The molecule has 0 aliphatic carbocycles. The molecule has 1 saturated heterocycles. The number of nitrogens with zero attached hydrogens (tertiary/aromatic N) is 2. The molecule has 0 bridgehead atoms. The van der Waals surface area contributed by atoms with Gasteiger partial charge in [-0.15, -0.1) is 0 Å². The molecule has 2 heterocycles. The number of nitrogens with one attached hydrogen (secondary N) is 1. The second kappa shape index (κ2) is 13.3. The number of esters is 1. The maximum absolute atomic E-state index is 12.1. The molecule has 1 aliphatic heterocycles. The Balaban J connectivity index is 0.00000141. The van der Waals surface area contributed by atoms with Crippen LogP contribution >= 0.6 is 8.60 Å². The predicted molar refractivity (Wildman–Crippen MR) is 108 cm³/mol. The number of ether oxygens (including phenoxy) is 2. The zero-order valence-corrected chi connectivity index (χ0v) is 18.2. The Bertz CT molecular complexity index is 834. The van der Waals surface area contributed by atoms with Crippen molar-refractivity contribution in [2.24, 2.45) is 0 Å². The summed E-state index contributed by atoms with van der Waals surface area (Å²) in [6.45, 7) is 7.47. The van der Waals surface area contributed by atoms with E-state index < -0.39 is 44.3 Å². The van der Waals surface area contributed by atoms with Crippen molar-refractivity contribution in [1.29, 1.82) is 5.26 Å². The number of hydrogen-bond acceptors (Lipinski definition) is 9. The summed E-state index contributed by atoms with van der Waals surface area (Å²) in [5.41, 5.74) is -0.674. The van der Waals surface area contributed by atoms with Crippen molar-refractivity contribution in [2.75, 3.05) is 19.8 Å². The molecule has 13 heteroatoms. The van der Waals surface area contributed by atoms with Gasteiger partial charge in [0.15, 0.2) is 0 Å². The van der Waals surface area contributed by atoms with Crippen LogP contribution < -0.4 is 11.2 Å². The lowest BCUT2D eigenvalue weighted by molar-refractivity contribution is -0.150. The van der Waals surface area contributed by atoms with Crippen molar-refractivity contribution in [2.45, 2.75) is 52.6 Å². The van der Waals surface area contributed by atoms with Gasteiger partial charge in [-0.2, -0.15) is 0 Å². The first-order chi connectivity index (χ1) is 14.3. The van der Waals surface area contributed by atoms with Gasteiger partial charge in [0.1, 0.15) is 18.4 Å². The second-order valence-corrected chi connectivity index (χ2v) is 7.20. The molecule has 0 spiro atoms. The Morgan fingerprint density at radius 3 is 2.50 bits per heavy atom. The second-order valence-electron chi connectivity index (χ2n) is 5.98. The molecule has 30 heavy (non-hydrogen) atoms. The number of aryl methyl sites for hydroxylation is 1. The van der Waals surface area contributed by atoms with Gasteiger partial charge in [-0.1, -0.05) is 0 Å². The zero-order valence-electron chi connectivity index (χ0n) is 17.3. The van der Waals surface area contributed by atoms with Gasteiger partial charge in [0.25, 0.3) is 5.56 Å². The molecular weight excluding hydrogens is 416 g/mol. The smallest absolute Gasteiger partial charge is 0.332 e. The maximum Gasteiger partial charge on any atom is 0.332 e. The van der Waals surface area contributed by atoms with Crippen LogP contribution in [0, 0.1) is 18.2 Å². The van der Waals surface area contributed by atoms with Crippen LogP contribution in [0.1, 0.15) is 39.0 Å². The van der Waals surface area contributed by atoms with Gasteiger partial charge in [-0.25, -0.2) is 10.1 Å². The van der Waals surface area contributed by atoms with Crippen LogP contribution in [0.25, 0.3) is 0 Å². The summed E-state index contributed by atoms with van der Waals surface area (Å²) >= 11 is 0. The largest absolute Gasteiger partial charge is 0.460 e. The van der Waals surface area contributed by atoms with E-state index in [9.17, 15) is 14.4 Å². The normalized spacial score (nSPS) is 20.3. The molecule has 2 rings (SSSR count). The van der Waals surface area contributed by atoms with Crippen LogP contribution in [-0.4, -0.2) is 55.4 Å². The number of rotatable bonds is 9. The molecule has 0 saturated carbocycles. The summed E-state index contributed by atoms with van der Waals surface area (Å²) in [6, 6.07) is 0. The van der Waals surface area contributed by atoms with Gasteiger partial charge in [0.05, 0.1) is 19.8 Å². The van der Waals surface area contributed by atoms with Crippen LogP contribution in [0.5, 0.6) is 0 Å². The van der Waals surface area contributed by atoms with Gasteiger partial charge < -0.3 is 23.0 Å². The molecule has 2 radical (unpaired) electrons. The highest BCUT2D eigenvalue weighted by Gasteiger charge is 2.39. The van der Waals surface area contributed by atoms with Crippen LogP contribution in [0.3, 0.4) is 0 Å². The lowest BCUT2D eigenvalue weighted by Crippen LogP contribution is -2.33. The summed E-state index contributed by atoms with van der Waals surface area (Å²) < 4.78 is 28.9. The number of hydrogen-bond donors (Lipinski definition) is 1. The van der Waals surface area contributed by atoms with Crippen LogP contribution in [-0.2, 0) is 27.8 Å². The first kappa shape index (κ1) is 26.0. The number of H-pyrrole nitrogens is 1. The Labute approximate surface area is 176 Å². The van der Waals surface area contributed by atoms with Gasteiger partial charge in [-0.05, 0) is 26.7 Å². The highest BCUT2D eigenvalue weighted by molar-refractivity contribution is 7.41. The Morgan fingerprint density at radius 1 is 1.37 bits per heavy atom. The van der Waals surface area contributed by atoms with E-state index in [1.807, 2.05) is 13.8 Å². The van der Waals surface area contributed by atoms with Crippen molar-refractivity contribution < 1.29 is 27.8 Å². The third kappa shape index (κ3) is 8.01. The minimum atomic E-state index is -1.54. The fourth-order valence-electron chi connectivity index (χ4n) is 2.62. The topological polar surface area (TPSA) is 142 Å². The zero-order chi connectivity index (χ0) is 22.7. The lowest BCUT2D eigenvalue weighted by Gasteiger charge is -2.21. The maximum atomic E-state index is 12.1. The number of nitriles is 1. The quantitative estimate of drug-likeness (QED) is 0.338. The molecule has 3 atom stereocenters. The van der Waals surface area contributed by atoms with Crippen LogP contribution in [0.4, 0.5) is 0 Å². The molecule has 1 aliphatic rings. The molecular formula is C17H25BN3O8P. The van der Waals surface area contributed by atoms with E-state index in [1.165, 1.54) is 23.7 Å². The highest BCUT2D eigenvalue weighted by Crippen LogP contribution is 2.41. The van der Waals surface area contributed by atoms with Crippen molar-refractivity contribution >= 4 is 22.4 Å². The summed E-state index contributed by atoms with van der Waals surface area (Å²) in [5.74, 6) is 0.788. The first-order valence-electron chi connectivity index (χ1n) is 9.20. The Hall–Kier alpha value is -2.03. The molecule has 11 nitrogen and oxygen atoms in total. The van der Waals surface area contributed by atoms with Crippen molar-refractivity contribution in [3.63, 3.8) is 0 Å². The number of aromatic nitrogens is 2. The summed E-state index contributed by atoms with van der Waals surface area (Å²) in [6.07, 6.45) is -0.236. The number of carbonyl (C=O) groups is 1. The van der Waals surface area contributed by atoms with Crippen molar-refractivity contribution in [3.8, 4) is 5.97 Å². The summed E-state index contributed by atoms with van der Waals surface area (Å²) in [7, 11) is 2.62. The van der Waals surface area contributed by atoms with Gasteiger partial charge in [-0.3, -0.25) is 19.1 Å². The summed E-state index contributed by atoms with van der Waals surface area (Å²) in [4.78, 5) is 37.3. The van der Waals surface area contributed by atoms with Crippen molar-refractivity contribution in [3.05, 3.63) is 32.6 Å². The molecule has 1 N–H and O–H groups in total. The average Bonchev–Trinajstić information content (AvgIpc) is 3.05. The van der Waals surface area contributed by atoms with Gasteiger partial charge in [0.2, 0.25) is 7.85 Å². The van der Waals surface area contributed by atoms with E-state index >= 15 is 0 Å². The summed E-state index contributed by atoms with van der Waals surface area (Å²) in [5, 5.41) is 7.10. The van der Waals surface area contributed by atoms with Crippen LogP contribution in [0.15, 0.2) is 15.8 Å². The van der Waals surface area contributed by atoms with E-state index in [1.54, 1.807) is 6.92 Å². The number of carbonyl (C=O) groups excluding carboxylic acids is 1. The van der Waals surface area contributed by atoms with E-state index in [0.717, 1.165) is 0 Å². The van der Waals surface area contributed by atoms with E-state index in [-0.39, 0.29) is 13.0 Å². The molecule has 0 amide bonds. The third-order valence-corrected chi connectivity index (χ3v) is 5.07. The molecule has 164 valence electrons. The highest BCUT2D eigenvalue weighted by atomic mass is 31.2. The minimum Gasteiger partial charge on any atom is -0.460 e. The SMILES string of the molecule is CCOP(OCC)OC[C@H]1O[C@@H](n2cc(C)c(=O)[nH]c2=O)C[C@@H]1OC(C)=O.[B]C#N. The first-order valence-corrected chi connectivity index (χ1v) is 10.3. The Kier molecular flexibility index (Phi) is 11.5. The molecule has 1 aromatic heterocycles. The number of aromatic amines is 1. The van der Waals surface area contributed by atoms with E-state index in [0.29, 0.717) is 18.8 Å².